The Morgan fingerprint density at radius 3 is 2.76 bits per heavy atom. The molecule has 0 spiro atoms. The van der Waals surface area contributed by atoms with Gasteiger partial charge < -0.3 is 14.4 Å². The summed E-state index contributed by atoms with van der Waals surface area (Å²) in [7, 11) is 5.97. The zero-order valence-electron chi connectivity index (χ0n) is 15.4. The van der Waals surface area contributed by atoms with Gasteiger partial charge in [0.1, 0.15) is 12.4 Å². The van der Waals surface area contributed by atoms with Crippen molar-refractivity contribution < 1.29 is 9.47 Å². The Morgan fingerprint density at radius 1 is 1.12 bits per heavy atom. The molecule has 0 aromatic heterocycles. The lowest BCUT2D eigenvalue weighted by molar-refractivity contribution is 0.202. The summed E-state index contributed by atoms with van der Waals surface area (Å²) >= 11 is 0. The van der Waals surface area contributed by atoms with Gasteiger partial charge in [-0.3, -0.25) is 0 Å². The van der Waals surface area contributed by atoms with Crippen LogP contribution in [0.5, 0.6) is 5.75 Å². The van der Waals surface area contributed by atoms with Crippen LogP contribution in [0.15, 0.2) is 48.5 Å². The van der Waals surface area contributed by atoms with Crippen molar-refractivity contribution in [2.24, 2.45) is 0 Å². The van der Waals surface area contributed by atoms with E-state index in [-0.39, 0.29) is 0 Å². The Labute approximate surface area is 150 Å². The van der Waals surface area contributed by atoms with Gasteiger partial charge >= 0.3 is 0 Å². The fraction of sp³-hybridized carbons (Fsp3) is 0.364. The van der Waals surface area contributed by atoms with Gasteiger partial charge in [0.15, 0.2) is 0 Å². The molecule has 1 aliphatic rings. The van der Waals surface area contributed by atoms with Crippen LogP contribution in [0.3, 0.4) is 0 Å². The molecule has 0 N–H and O–H groups in total. The third-order valence-corrected chi connectivity index (χ3v) is 4.54. The van der Waals surface area contributed by atoms with Crippen LogP contribution in [0, 0.1) is 0 Å². The molecule has 0 unspecified atom stereocenters. The highest BCUT2D eigenvalue weighted by molar-refractivity contribution is 5.85. The Morgan fingerprint density at radius 2 is 1.96 bits per heavy atom. The first kappa shape index (κ1) is 17.7. The molecule has 3 nitrogen and oxygen atoms in total. The summed E-state index contributed by atoms with van der Waals surface area (Å²) in [4.78, 5) is 2.21. The van der Waals surface area contributed by atoms with Crippen LogP contribution in [0.1, 0.15) is 28.7 Å². The fourth-order valence-corrected chi connectivity index (χ4v) is 3.19. The average Bonchev–Trinajstić information content (AvgIpc) is 2.77. The Balaban J connectivity index is 2.03. The second-order valence-corrected chi connectivity index (χ2v) is 6.73. The molecule has 0 fully saturated rings. The van der Waals surface area contributed by atoms with E-state index in [1.54, 1.807) is 7.11 Å². The third-order valence-electron chi connectivity index (χ3n) is 4.54. The average molecular weight is 337 g/mol. The summed E-state index contributed by atoms with van der Waals surface area (Å²) in [6.45, 7) is 2.38. The summed E-state index contributed by atoms with van der Waals surface area (Å²) in [6, 6.07) is 15.1. The van der Waals surface area contributed by atoms with Crippen molar-refractivity contribution in [2.45, 2.75) is 19.4 Å². The van der Waals surface area contributed by atoms with Gasteiger partial charge in [0.2, 0.25) is 0 Å². The van der Waals surface area contributed by atoms with E-state index in [0.717, 1.165) is 31.7 Å². The SMILES string of the molecule is COCCc1ccc2c(c1)/C(=C\CCN(C)C)c1ccccc1CO2. The maximum absolute atomic E-state index is 6.11. The molecule has 1 aliphatic heterocycles. The minimum Gasteiger partial charge on any atom is -0.488 e. The van der Waals surface area contributed by atoms with E-state index in [9.17, 15) is 0 Å². The van der Waals surface area contributed by atoms with E-state index in [4.69, 9.17) is 9.47 Å². The molecule has 132 valence electrons. The van der Waals surface area contributed by atoms with Gasteiger partial charge in [-0.25, -0.2) is 0 Å². The maximum atomic E-state index is 6.11. The fourth-order valence-electron chi connectivity index (χ4n) is 3.19. The highest BCUT2D eigenvalue weighted by Gasteiger charge is 2.19. The van der Waals surface area contributed by atoms with E-state index in [1.807, 2.05) is 0 Å². The van der Waals surface area contributed by atoms with Gasteiger partial charge in [-0.05, 0) is 61.3 Å². The topological polar surface area (TPSA) is 21.7 Å². The molecule has 3 rings (SSSR count). The minimum absolute atomic E-state index is 0.617. The van der Waals surface area contributed by atoms with E-state index < -0.39 is 0 Å². The molecule has 1 heterocycles. The Hall–Kier alpha value is -2.10. The number of rotatable bonds is 6. The summed E-state index contributed by atoms with van der Waals surface area (Å²) in [5.74, 6) is 0.966. The van der Waals surface area contributed by atoms with Gasteiger partial charge in [0.25, 0.3) is 0 Å². The summed E-state index contributed by atoms with van der Waals surface area (Å²) in [5, 5.41) is 0. The lowest BCUT2D eigenvalue weighted by Crippen LogP contribution is -2.12. The number of benzene rings is 2. The molecular weight excluding hydrogens is 310 g/mol. The van der Waals surface area contributed by atoms with Crippen molar-refractivity contribution in [2.75, 3.05) is 34.4 Å². The summed E-state index contributed by atoms with van der Waals surface area (Å²) in [5.41, 5.74) is 6.28. The van der Waals surface area contributed by atoms with E-state index in [0.29, 0.717) is 6.61 Å². The van der Waals surface area contributed by atoms with Crippen LogP contribution in [0.4, 0.5) is 0 Å². The van der Waals surface area contributed by atoms with E-state index in [2.05, 4.69) is 67.5 Å². The standard InChI is InChI=1S/C22H27NO2/c1-23(2)13-6-9-20-19-8-5-4-7-18(19)16-25-22-11-10-17(12-14-24-3)15-21(20)22/h4-5,7-11,15H,6,12-14,16H2,1-3H3/b20-9-. The molecule has 25 heavy (non-hydrogen) atoms. The lowest BCUT2D eigenvalue weighted by atomic mass is 9.92. The normalized spacial score (nSPS) is 14.8. The van der Waals surface area contributed by atoms with Crippen molar-refractivity contribution >= 4 is 5.57 Å². The van der Waals surface area contributed by atoms with Crippen molar-refractivity contribution in [3.63, 3.8) is 0 Å². The van der Waals surface area contributed by atoms with Gasteiger partial charge in [-0.2, -0.15) is 0 Å². The first-order valence-electron chi connectivity index (χ1n) is 8.87. The molecule has 2 aromatic carbocycles. The van der Waals surface area contributed by atoms with Crippen LogP contribution < -0.4 is 4.74 Å². The van der Waals surface area contributed by atoms with Gasteiger partial charge in [-0.1, -0.05) is 36.4 Å². The lowest BCUT2D eigenvalue weighted by Gasteiger charge is -2.13. The first-order valence-corrected chi connectivity index (χ1v) is 8.87. The second kappa shape index (κ2) is 8.32. The van der Waals surface area contributed by atoms with Gasteiger partial charge in [-0.15, -0.1) is 0 Å². The molecule has 2 aromatic rings. The van der Waals surface area contributed by atoms with Gasteiger partial charge in [0.05, 0.1) is 6.61 Å². The molecule has 3 heteroatoms. The Kier molecular flexibility index (Phi) is 5.90. The Bertz CT molecular complexity index is 749. The predicted molar refractivity (Wildman–Crippen MR) is 103 cm³/mol. The molecule has 0 radical (unpaired) electrons. The minimum atomic E-state index is 0.617. The highest BCUT2D eigenvalue weighted by Crippen LogP contribution is 2.37. The van der Waals surface area contributed by atoms with Gasteiger partial charge in [0, 0.05) is 19.2 Å². The number of hydrogen-bond acceptors (Lipinski definition) is 3. The number of nitrogens with zero attached hydrogens (tertiary/aromatic N) is 1. The number of ether oxygens (including phenoxy) is 2. The van der Waals surface area contributed by atoms with Crippen molar-refractivity contribution in [3.05, 3.63) is 70.8 Å². The zero-order chi connectivity index (χ0) is 17.6. The van der Waals surface area contributed by atoms with Crippen LogP contribution in [0.2, 0.25) is 0 Å². The largest absolute Gasteiger partial charge is 0.488 e. The molecule has 0 atom stereocenters. The molecule has 0 bridgehead atoms. The zero-order valence-corrected chi connectivity index (χ0v) is 15.4. The van der Waals surface area contributed by atoms with Crippen molar-refractivity contribution in [1.29, 1.82) is 0 Å². The summed E-state index contributed by atoms with van der Waals surface area (Å²) in [6.07, 6.45) is 4.28. The number of methoxy groups -OCH3 is 1. The maximum Gasteiger partial charge on any atom is 0.127 e. The quantitative estimate of drug-likeness (QED) is 0.790. The summed E-state index contributed by atoms with van der Waals surface area (Å²) < 4.78 is 11.3. The molecule has 0 amide bonds. The second-order valence-electron chi connectivity index (χ2n) is 6.73. The van der Waals surface area contributed by atoms with Crippen LogP contribution in [-0.2, 0) is 17.8 Å². The predicted octanol–water partition coefficient (Wildman–Crippen LogP) is 4.15. The van der Waals surface area contributed by atoms with Crippen LogP contribution >= 0.6 is 0 Å². The first-order chi connectivity index (χ1) is 12.2. The smallest absolute Gasteiger partial charge is 0.127 e. The number of fused-ring (bicyclic) bond motifs is 2. The monoisotopic (exact) mass is 337 g/mol. The highest BCUT2D eigenvalue weighted by atomic mass is 16.5. The molecule has 0 saturated carbocycles. The van der Waals surface area contributed by atoms with E-state index >= 15 is 0 Å². The van der Waals surface area contributed by atoms with Crippen LogP contribution in [-0.4, -0.2) is 39.3 Å². The third kappa shape index (κ3) is 4.30. The van der Waals surface area contributed by atoms with Crippen molar-refractivity contribution in [1.82, 2.24) is 4.90 Å². The molecule has 0 aliphatic carbocycles. The molecular formula is C22H27NO2. The van der Waals surface area contributed by atoms with Crippen LogP contribution in [0.25, 0.3) is 5.57 Å². The molecule has 0 saturated heterocycles. The van der Waals surface area contributed by atoms with E-state index in [1.165, 1.54) is 27.8 Å². The number of hydrogen-bond donors (Lipinski definition) is 0. The van der Waals surface area contributed by atoms with Crippen molar-refractivity contribution in [3.8, 4) is 5.75 Å².